The van der Waals surface area contributed by atoms with E-state index in [1.807, 2.05) is 31.2 Å². The molecule has 3 rings (SSSR count). The van der Waals surface area contributed by atoms with Gasteiger partial charge < -0.3 is 9.47 Å². The van der Waals surface area contributed by atoms with E-state index in [2.05, 4.69) is 20.8 Å². The molecule has 3 aromatic rings. The maximum absolute atomic E-state index is 12.3. The predicted molar refractivity (Wildman–Crippen MR) is 122 cm³/mol. The molecule has 0 aliphatic heterocycles. The van der Waals surface area contributed by atoms with Crippen molar-refractivity contribution in [1.29, 1.82) is 0 Å². The minimum atomic E-state index is -0.439. The van der Waals surface area contributed by atoms with E-state index in [-0.39, 0.29) is 5.78 Å². The summed E-state index contributed by atoms with van der Waals surface area (Å²) in [7, 11) is 0. The van der Waals surface area contributed by atoms with Crippen molar-refractivity contribution in [2.75, 3.05) is 6.61 Å². The van der Waals surface area contributed by atoms with Crippen LogP contribution in [0.1, 0.15) is 61.8 Å². The van der Waals surface area contributed by atoms with Crippen LogP contribution in [0.2, 0.25) is 0 Å². The molecule has 0 unspecified atom stereocenters. The van der Waals surface area contributed by atoms with Gasteiger partial charge in [0.05, 0.1) is 12.2 Å². The summed E-state index contributed by atoms with van der Waals surface area (Å²) in [6.45, 7) is 10.7. The summed E-state index contributed by atoms with van der Waals surface area (Å²) in [5.74, 6) is 1.62. The average Bonchev–Trinajstić information content (AvgIpc) is 2.74. The molecule has 0 aliphatic carbocycles. The largest absolute Gasteiger partial charge is 0.494 e. The van der Waals surface area contributed by atoms with Crippen LogP contribution in [0.3, 0.4) is 0 Å². The fourth-order valence-electron chi connectivity index (χ4n) is 2.53. The van der Waals surface area contributed by atoms with Crippen molar-refractivity contribution in [3.05, 3.63) is 71.8 Å². The molecule has 0 heterocycles. The Morgan fingerprint density at radius 2 is 1.33 bits per heavy atom. The number of hydrogen-bond acceptors (Lipinski definition) is 4. The van der Waals surface area contributed by atoms with E-state index in [9.17, 15) is 9.59 Å². The van der Waals surface area contributed by atoms with Gasteiger partial charge in [-0.05, 0) is 79.1 Å². The van der Waals surface area contributed by atoms with Crippen molar-refractivity contribution in [3.63, 3.8) is 0 Å². The lowest BCUT2D eigenvalue weighted by Gasteiger charge is -2.07. The Kier molecular flexibility index (Phi) is 8.60. The van der Waals surface area contributed by atoms with E-state index < -0.39 is 5.97 Å². The topological polar surface area (TPSA) is 52.6 Å². The van der Waals surface area contributed by atoms with E-state index in [1.54, 1.807) is 36.4 Å². The number of esters is 1. The Hall–Kier alpha value is -3.14. The van der Waals surface area contributed by atoms with Gasteiger partial charge in [-0.15, -0.1) is 0 Å². The van der Waals surface area contributed by atoms with Crippen LogP contribution >= 0.6 is 0 Å². The van der Waals surface area contributed by atoms with Gasteiger partial charge in [0, 0.05) is 5.56 Å². The summed E-state index contributed by atoms with van der Waals surface area (Å²) in [6.07, 6.45) is 1.31. The summed E-state index contributed by atoms with van der Waals surface area (Å²) >= 11 is 0. The van der Waals surface area contributed by atoms with E-state index >= 15 is 0 Å². The highest BCUT2D eigenvalue weighted by Gasteiger charge is 2.10. The third kappa shape index (κ3) is 6.73. The Balaban J connectivity index is 0.000000575. The number of ketones is 1. The minimum Gasteiger partial charge on any atom is -0.494 e. The molecule has 0 amide bonds. The molecule has 0 spiro atoms. The number of fused-ring (bicyclic) bond motifs is 1. The van der Waals surface area contributed by atoms with Gasteiger partial charge in [-0.25, -0.2) is 4.79 Å². The highest BCUT2D eigenvalue weighted by Crippen LogP contribution is 2.23. The van der Waals surface area contributed by atoms with Gasteiger partial charge in [0.1, 0.15) is 11.5 Å². The Morgan fingerprint density at radius 1 is 0.800 bits per heavy atom. The number of hydrogen-bond donors (Lipinski definition) is 0. The molecule has 0 radical (unpaired) electrons. The van der Waals surface area contributed by atoms with Crippen molar-refractivity contribution < 1.29 is 19.1 Å². The first-order valence-corrected chi connectivity index (χ1v) is 10.3. The molecule has 0 atom stereocenters. The van der Waals surface area contributed by atoms with Crippen LogP contribution in [0.25, 0.3) is 10.8 Å². The SMILES string of the molecule is CCC(C)C.CCOc1ccc2cc(C(=O)Oc3ccc(C(C)=O)cc3)ccc2c1. The number of carbonyl (C=O) groups is 2. The van der Waals surface area contributed by atoms with Gasteiger partial charge in [0.15, 0.2) is 5.78 Å². The van der Waals surface area contributed by atoms with E-state index in [0.717, 1.165) is 22.4 Å². The first-order valence-electron chi connectivity index (χ1n) is 10.3. The fourth-order valence-corrected chi connectivity index (χ4v) is 2.53. The molecule has 0 aromatic heterocycles. The van der Waals surface area contributed by atoms with Crippen LogP contribution in [-0.2, 0) is 0 Å². The maximum atomic E-state index is 12.3. The van der Waals surface area contributed by atoms with Gasteiger partial charge in [-0.1, -0.05) is 39.3 Å². The van der Waals surface area contributed by atoms with Crippen molar-refractivity contribution in [2.45, 2.75) is 41.0 Å². The normalized spacial score (nSPS) is 10.3. The van der Waals surface area contributed by atoms with Crippen molar-refractivity contribution in [1.82, 2.24) is 0 Å². The summed E-state index contributed by atoms with van der Waals surface area (Å²) in [6, 6.07) is 17.6. The Bertz CT molecular complexity index is 988. The summed E-state index contributed by atoms with van der Waals surface area (Å²) in [4.78, 5) is 23.6. The molecule has 0 fully saturated rings. The standard InChI is InChI=1S/C21H18O4.C5H12/c1-3-24-20-11-8-16-12-18(5-4-17(16)13-20)21(23)25-19-9-6-15(7-10-19)14(2)22;1-4-5(2)3/h4-13H,3H2,1-2H3;5H,4H2,1-3H3. The van der Waals surface area contributed by atoms with Crippen molar-refractivity contribution in [3.8, 4) is 11.5 Å². The smallest absolute Gasteiger partial charge is 0.343 e. The number of rotatable bonds is 6. The lowest BCUT2D eigenvalue weighted by atomic mass is 10.1. The van der Waals surface area contributed by atoms with Crippen LogP contribution in [0.15, 0.2) is 60.7 Å². The quantitative estimate of drug-likeness (QED) is 0.259. The lowest BCUT2D eigenvalue weighted by molar-refractivity contribution is 0.0735. The van der Waals surface area contributed by atoms with Gasteiger partial charge >= 0.3 is 5.97 Å². The summed E-state index contributed by atoms with van der Waals surface area (Å²) in [5, 5.41) is 1.93. The third-order valence-corrected chi connectivity index (χ3v) is 4.65. The predicted octanol–water partition coefficient (Wildman–Crippen LogP) is 6.71. The van der Waals surface area contributed by atoms with Crippen molar-refractivity contribution in [2.24, 2.45) is 5.92 Å². The van der Waals surface area contributed by atoms with Gasteiger partial charge in [-0.2, -0.15) is 0 Å². The molecule has 0 aliphatic rings. The second-order valence-corrected chi connectivity index (χ2v) is 7.43. The second-order valence-electron chi connectivity index (χ2n) is 7.43. The lowest BCUT2D eigenvalue weighted by Crippen LogP contribution is -2.08. The van der Waals surface area contributed by atoms with Crippen LogP contribution in [-0.4, -0.2) is 18.4 Å². The van der Waals surface area contributed by atoms with Crippen LogP contribution in [0.5, 0.6) is 11.5 Å². The molecule has 0 N–H and O–H groups in total. The van der Waals surface area contributed by atoms with Crippen LogP contribution in [0.4, 0.5) is 0 Å². The monoisotopic (exact) mass is 406 g/mol. The fraction of sp³-hybridized carbons (Fsp3) is 0.308. The number of Topliss-reactive ketones (excluding diaryl/α,β-unsaturated/α-hetero) is 1. The minimum absolute atomic E-state index is 0.0289. The molecule has 0 saturated carbocycles. The number of benzene rings is 3. The van der Waals surface area contributed by atoms with Gasteiger partial charge in [0.2, 0.25) is 0 Å². The molecule has 4 heteroatoms. The zero-order valence-corrected chi connectivity index (χ0v) is 18.4. The van der Waals surface area contributed by atoms with Crippen LogP contribution in [0, 0.1) is 5.92 Å². The maximum Gasteiger partial charge on any atom is 0.343 e. The van der Waals surface area contributed by atoms with Gasteiger partial charge in [0.25, 0.3) is 0 Å². The first-order chi connectivity index (χ1) is 14.3. The van der Waals surface area contributed by atoms with Crippen LogP contribution < -0.4 is 9.47 Å². The number of ether oxygens (including phenoxy) is 2. The molecule has 4 nitrogen and oxygen atoms in total. The van der Waals surface area contributed by atoms with E-state index in [0.29, 0.717) is 23.5 Å². The molecule has 30 heavy (non-hydrogen) atoms. The highest BCUT2D eigenvalue weighted by molar-refractivity contribution is 5.97. The van der Waals surface area contributed by atoms with Crippen molar-refractivity contribution >= 4 is 22.5 Å². The molecular weight excluding hydrogens is 376 g/mol. The molecule has 3 aromatic carbocycles. The third-order valence-electron chi connectivity index (χ3n) is 4.65. The summed E-state index contributed by atoms with van der Waals surface area (Å²) < 4.78 is 10.9. The Labute approximate surface area is 178 Å². The molecule has 0 saturated heterocycles. The highest BCUT2D eigenvalue weighted by atomic mass is 16.5. The van der Waals surface area contributed by atoms with E-state index in [4.69, 9.17) is 9.47 Å². The zero-order chi connectivity index (χ0) is 22.1. The van der Waals surface area contributed by atoms with Gasteiger partial charge in [-0.3, -0.25) is 4.79 Å². The Morgan fingerprint density at radius 3 is 1.90 bits per heavy atom. The average molecular weight is 407 g/mol. The zero-order valence-electron chi connectivity index (χ0n) is 18.4. The molecular formula is C26H30O4. The number of carbonyl (C=O) groups excluding carboxylic acids is 2. The first kappa shape index (κ1) is 23.1. The second kappa shape index (κ2) is 11.1. The van der Waals surface area contributed by atoms with E-state index in [1.165, 1.54) is 13.3 Å². The molecule has 0 bridgehead atoms. The summed E-state index contributed by atoms with van der Waals surface area (Å²) in [5.41, 5.74) is 1.04. The molecule has 158 valence electrons.